The lowest BCUT2D eigenvalue weighted by Crippen LogP contribution is -2.09. The Labute approximate surface area is 171 Å². The van der Waals surface area contributed by atoms with E-state index in [1.807, 2.05) is 0 Å². The minimum absolute atomic E-state index is 1.15. The van der Waals surface area contributed by atoms with Gasteiger partial charge in [0, 0.05) is 17.1 Å². The van der Waals surface area contributed by atoms with Crippen LogP contribution in [0.4, 0.5) is 17.1 Å². The highest BCUT2D eigenvalue weighted by Crippen LogP contribution is 2.37. The zero-order valence-electron chi connectivity index (χ0n) is 16.1. The normalized spacial score (nSPS) is 10.8. The van der Waals surface area contributed by atoms with Gasteiger partial charge in [-0.25, -0.2) is 0 Å². The van der Waals surface area contributed by atoms with Crippen LogP contribution < -0.4 is 4.90 Å². The number of para-hydroxylation sites is 2. The molecule has 5 rings (SSSR count). The van der Waals surface area contributed by atoms with Crippen LogP contribution in [0.15, 0.2) is 127 Å². The molecule has 0 spiro atoms. The zero-order chi connectivity index (χ0) is 19.5. The Morgan fingerprint density at radius 1 is 0.414 bits per heavy atom. The van der Waals surface area contributed by atoms with Gasteiger partial charge in [-0.15, -0.1) is 0 Å². The zero-order valence-corrected chi connectivity index (χ0v) is 16.1. The van der Waals surface area contributed by atoms with E-state index in [4.69, 9.17) is 0 Å². The molecular weight excluding hydrogens is 350 g/mol. The first-order chi connectivity index (χ1) is 14.4. The largest absolute Gasteiger partial charge is 0.310 e. The summed E-state index contributed by atoms with van der Waals surface area (Å²) in [5.74, 6) is 0. The van der Waals surface area contributed by atoms with Crippen molar-refractivity contribution in [1.29, 1.82) is 0 Å². The van der Waals surface area contributed by atoms with Crippen molar-refractivity contribution in [3.8, 4) is 11.1 Å². The third-order valence-corrected chi connectivity index (χ3v) is 5.23. The van der Waals surface area contributed by atoms with Gasteiger partial charge < -0.3 is 4.90 Å². The maximum Gasteiger partial charge on any atom is 0.0467 e. The highest BCUT2D eigenvalue weighted by molar-refractivity contribution is 5.97. The molecule has 0 aromatic heterocycles. The summed E-state index contributed by atoms with van der Waals surface area (Å²) in [5, 5.41) is 2.54. The molecule has 0 atom stereocenters. The lowest BCUT2D eigenvalue weighted by Gasteiger charge is -2.26. The van der Waals surface area contributed by atoms with Crippen LogP contribution in [0.2, 0.25) is 0 Å². The van der Waals surface area contributed by atoms with Crippen molar-refractivity contribution >= 4 is 27.8 Å². The SMILES string of the molecule is c1ccc(N(c2ccccc2)c2cccc(-c3cccc4ccccc34)c2)cc1. The quantitative estimate of drug-likeness (QED) is 0.309. The molecule has 5 aromatic carbocycles. The number of fused-ring (bicyclic) bond motifs is 1. The van der Waals surface area contributed by atoms with E-state index < -0.39 is 0 Å². The fraction of sp³-hybridized carbons (Fsp3) is 0. The van der Waals surface area contributed by atoms with Gasteiger partial charge in [0.25, 0.3) is 0 Å². The molecule has 0 fully saturated rings. The molecule has 1 nitrogen and oxygen atoms in total. The molecule has 0 heterocycles. The Bertz CT molecular complexity index is 1200. The maximum absolute atomic E-state index is 2.30. The smallest absolute Gasteiger partial charge is 0.0467 e. The van der Waals surface area contributed by atoms with E-state index in [2.05, 4.69) is 132 Å². The van der Waals surface area contributed by atoms with Crippen molar-refractivity contribution in [3.05, 3.63) is 127 Å². The average Bonchev–Trinajstić information content (AvgIpc) is 2.81. The molecule has 0 N–H and O–H groups in total. The lowest BCUT2D eigenvalue weighted by atomic mass is 9.97. The fourth-order valence-corrected chi connectivity index (χ4v) is 3.89. The first-order valence-electron chi connectivity index (χ1n) is 9.88. The molecule has 138 valence electrons. The van der Waals surface area contributed by atoms with Gasteiger partial charge in [0.2, 0.25) is 0 Å². The van der Waals surface area contributed by atoms with Crippen LogP contribution in [-0.2, 0) is 0 Å². The topological polar surface area (TPSA) is 3.24 Å². The molecule has 0 aliphatic heterocycles. The minimum Gasteiger partial charge on any atom is -0.310 e. The maximum atomic E-state index is 2.30. The predicted molar refractivity (Wildman–Crippen MR) is 124 cm³/mol. The third-order valence-electron chi connectivity index (χ3n) is 5.23. The molecule has 0 aliphatic rings. The van der Waals surface area contributed by atoms with Crippen LogP contribution >= 0.6 is 0 Å². The first-order valence-corrected chi connectivity index (χ1v) is 9.88. The van der Waals surface area contributed by atoms with Crippen molar-refractivity contribution in [2.24, 2.45) is 0 Å². The first kappa shape index (κ1) is 17.3. The molecule has 0 radical (unpaired) electrons. The van der Waals surface area contributed by atoms with Crippen molar-refractivity contribution in [3.63, 3.8) is 0 Å². The Kier molecular flexibility index (Phi) is 4.56. The van der Waals surface area contributed by atoms with Gasteiger partial charge in [0.05, 0.1) is 0 Å². The van der Waals surface area contributed by atoms with Crippen molar-refractivity contribution in [2.75, 3.05) is 4.90 Å². The van der Waals surface area contributed by atoms with Crippen LogP contribution in [0.5, 0.6) is 0 Å². The predicted octanol–water partition coefficient (Wildman–Crippen LogP) is 7.98. The summed E-state index contributed by atoms with van der Waals surface area (Å²) in [4.78, 5) is 2.30. The Balaban J connectivity index is 1.67. The molecule has 29 heavy (non-hydrogen) atoms. The second-order valence-electron chi connectivity index (χ2n) is 7.08. The van der Waals surface area contributed by atoms with Gasteiger partial charge in [-0.05, 0) is 58.3 Å². The fourth-order valence-electron chi connectivity index (χ4n) is 3.89. The Hall–Kier alpha value is -3.84. The summed E-state index contributed by atoms with van der Waals surface area (Å²) in [6.07, 6.45) is 0. The van der Waals surface area contributed by atoms with Gasteiger partial charge in [-0.3, -0.25) is 0 Å². The molecule has 0 saturated heterocycles. The minimum atomic E-state index is 1.15. The number of anilines is 3. The summed E-state index contributed by atoms with van der Waals surface area (Å²) in [6, 6.07) is 44.9. The van der Waals surface area contributed by atoms with Crippen LogP contribution in [0.1, 0.15) is 0 Å². The highest BCUT2D eigenvalue weighted by Gasteiger charge is 2.13. The van der Waals surface area contributed by atoms with E-state index in [1.165, 1.54) is 21.9 Å². The number of nitrogens with zero attached hydrogens (tertiary/aromatic N) is 1. The number of rotatable bonds is 4. The molecule has 0 amide bonds. The van der Waals surface area contributed by atoms with E-state index >= 15 is 0 Å². The molecular formula is C28H21N. The van der Waals surface area contributed by atoms with Crippen LogP contribution in [0, 0.1) is 0 Å². The van der Waals surface area contributed by atoms with Crippen LogP contribution in [0.3, 0.4) is 0 Å². The molecule has 0 aliphatic carbocycles. The van der Waals surface area contributed by atoms with E-state index in [1.54, 1.807) is 0 Å². The Morgan fingerprint density at radius 2 is 0.966 bits per heavy atom. The summed E-state index contributed by atoms with van der Waals surface area (Å²) in [6.45, 7) is 0. The van der Waals surface area contributed by atoms with Gasteiger partial charge in [-0.2, -0.15) is 0 Å². The highest BCUT2D eigenvalue weighted by atomic mass is 15.1. The summed E-state index contributed by atoms with van der Waals surface area (Å²) >= 11 is 0. The second-order valence-corrected chi connectivity index (χ2v) is 7.08. The van der Waals surface area contributed by atoms with E-state index in [9.17, 15) is 0 Å². The van der Waals surface area contributed by atoms with E-state index in [0.29, 0.717) is 0 Å². The molecule has 1 heteroatoms. The number of benzene rings is 5. The monoisotopic (exact) mass is 371 g/mol. The lowest BCUT2D eigenvalue weighted by molar-refractivity contribution is 1.28. The molecule has 0 saturated carbocycles. The van der Waals surface area contributed by atoms with E-state index in [0.717, 1.165) is 17.1 Å². The number of hydrogen-bond donors (Lipinski definition) is 0. The van der Waals surface area contributed by atoms with Crippen LogP contribution in [-0.4, -0.2) is 0 Å². The van der Waals surface area contributed by atoms with Crippen molar-refractivity contribution < 1.29 is 0 Å². The van der Waals surface area contributed by atoms with Crippen molar-refractivity contribution in [2.45, 2.75) is 0 Å². The summed E-state index contributed by atoms with van der Waals surface area (Å²) < 4.78 is 0. The third kappa shape index (κ3) is 3.39. The molecule has 5 aromatic rings. The van der Waals surface area contributed by atoms with Crippen molar-refractivity contribution in [1.82, 2.24) is 0 Å². The van der Waals surface area contributed by atoms with E-state index in [-0.39, 0.29) is 0 Å². The second kappa shape index (κ2) is 7.65. The summed E-state index contributed by atoms with van der Waals surface area (Å²) in [5.41, 5.74) is 5.91. The van der Waals surface area contributed by atoms with Gasteiger partial charge in [0.1, 0.15) is 0 Å². The Morgan fingerprint density at radius 3 is 1.69 bits per heavy atom. The molecule has 0 unspecified atom stereocenters. The molecule has 0 bridgehead atoms. The van der Waals surface area contributed by atoms with Gasteiger partial charge >= 0.3 is 0 Å². The van der Waals surface area contributed by atoms with Crippen LogP contribution in [0.25, 0.3) is 21.9 Å². The van der Waals surface area contributed by atoms with Gasteiger partial charge in [-0.1, -0.05) is 91.0 Å². The summed E-state index contributed by atoms with van der Waals surface area (Å²) in [7, 11) is 0. The average molecular weight is 371 g/mol. The number of hydrogen-bond acceptors (Lipinski definition) is 1. The van der Waals surface area contributed by atoms with Gasteiger partial charge in [0.15, 0.2) is 0 Å². The standard InChI is InChI=1S/C28H21N/c1-3-14-24(15-4-1)29(25-16-5-2-6-17-25)26-18-9-13-23(21-26)28-20-10-12-22-11-7-8-19-27(22)28/h1-21H.